The summed E-state index contributed by atoms with van der Waals surface area (Å²) in [5, 5.41) is 2.09. The minimum Gasteiger partial charge on any atom is -0.365 e. The summed E-state index contributed by atoms with van der Waals surface area (Å²) >= 11 is 6.10. The number of rotatable bonds is 2. The zero-order valence-corrected chi connectivity index (χ0v) is 13.0. The second-order valence-electron chi connectivity index (χ2n) is 5.08. The summed E-state index contributed by atoms with van der Waals surface area (Å²) in [6.45, 7) is 3.16. The van der Waals surface area contributed by atoms with Gasteiger partial charge in [0, 0.05) is 33.1 Å². The van der Waals surface area contributed by atoms with E-state index in [0.717, 1.165) is 0 Å². The van der Waals surface area contributed by atoms with E-state index in [0.29, 0.717) is 31.9 Å². The molecule has 1 aliphatic rings. The van der Waals surface area contributed by atoms with Gasteiger partial charge < -0.3 is 15.1 Å². The predicted molar refractivity (Wildman–Crippen MR) is 80.6 cm³/mol. The van der Waals surface area contributed by atoms with Crippen molar-refractivity contribution in [2.45, 2.75) is 13.1 Å². The van der Waals surface area contributed by atoms with Crippen molar-refractivity contribution < 1.29 is 22.8 Å². The highest BCUT2D eigenvalue weighted by atomic mass is 35.5. The number of anilines is 2. The van der Waals surface area contributed by atoms with Gasteiger partial charge in [-0.05, 0) is 12.1 Å². The first-order valence-corrected chi connectivity index (χ1v) is 7.25. The summed E-state index contributed by atoms with van der Waals surface area (Å²) < 4.78 is 37.3. The smallest absolute Gasteiger partial charge is 0.365 e. The lowest BCUT2D eigenvalue weighted by atomic mass is 10.2. The van der Waals surface area contributed by atoms with Gasteiger partial charge in [-0.1, -0.05) is 17.7 Å². The fourth-order valence-electron chi connectivity index (χ4n) is 2.38. The lowest BCUT2D eigenvalue weighted by Gasteiger charge is -2.37. The molecule has 1 N–H and O–H groups in total. The highest BCUT2D eigenvalue weighted by Gasteiger charge is 2.39. The zero-order valence-electron chi connectivity index (χ0n) is 12.3. The number of para-hydroxylation sites is 1. The molecule has 0 bridgehead atoms. The maximum Gasteiger partial charge on any atom is 0.471 e. The van der Waals surface area contributed by atoms with Crippen LogP contribution in [-0.4, -0.2) is 49.1 Å². The highest BCUT2D eigenvalue weighted by molar-refractivity contribution is 6.34. The Morgan fingerprint density at radius 1 is 1.17 bits per heavy atom. The fraction of sp³-hybridized carbons (Fsp3) is 0.429. The number of alkyl halides is 3. The Labute approximate surface area is 136 Å². The Balaban J connectivity index is 2.22. The number of halogens is 4. The molecule has 126 valence electrons. The monoisotopic (exact) mass is 349 g/mol. The zero-order chi connectivity index (χ0) is 17.2. The first kappa shape index (κ1) is 17.4. The van der Waals surface area contributed by atoms with Gasteiger partial charge in [-0.3, -0.25) is 9.59 Å². The minimum atomic E-state index is -4.98. The Morgan fingerprint density at radius 3 is 2.30 bits per heavy atom. The summed E-state index contributed by atoms with van der Waals surface area (Å²) in [5.74, 6) is -2.11. The molecular weight excluding hydrogens is 335 g/mol. The molecule has 0 radical (unpaired) electrons. The van der Waals surface area contributed by atoms with E-state index in [1.165, 1.54) is 25.1 Å². The highest BCUT2D eigenvalue weighted by Crippen LogP contribution is 2.35. The summed E-state index contributed by atoms with van der Waals surface area (Å²) in [6.07, 6.45) is -4.98. The molecule has 1 saturated heterocycles. The molecule has 0 spiro atoms. The maximum atomic E-state index is 12.4. The first-order valence-electron chi connectivity index (χ1n) is 6.87. The van der Waals surface area contributed by atoms with Crippen LogP contribution in [0.25, 0.3) is 0 Å². The summed E-state index contributed by atoms with van der Waals surface area (Å²) in [7, 11) is 0. The third-order valence-electron chi connectivity index (χ3n) is 3.53. The van der Waals surface area contributed by atoms with E-state index in [-0.39, 0.29) is 16.6 Å². The molecule has 0 aromatic heterocycles. The molecule has 1 fully saturated rings. The second-order valence-corrected chi connectivity index (χ2v) is 5.49. The third kappa shape index (κ3) is 4.07. The molecule has 1 heterocycles. The van der Waals surface area contributed by atoms with Crippen molar-refractivity contribution in [3.8, 4) is 0 Å². The van der Waals surface area contributed by atoms with Crippen LogP contribution in [0.2, 0.25) is 5.02 Å². The lowest BCUT2D eigenvalue weighted by molar-refractivity contribution is -0.167. The van der Waals surface area contributed by atoms with Gasteiger partial charge in [0.1, 0.15) is 0 Å². The number of carbonyl (C=O) groups excluding carboxylic acids is 2. The molecular formula is C14H15ClF3N3O2. The number of benzene rings is 1. The molecule has 1 aromatic rings. The van der Waals surface area contributed by atoms with Crippen LogP contribution in [0, 0.1) is 0 Å². The van der Waals surface area contributed by atoms with Gasteiger partial charge >= 0.3 is 12.1 Å². The number of piperazine rings is 1. The molecule has 23 heavy (non-hydrogen) atoms. The van der Waals surface area contributed by atoms with Crippen molar-refractivity contribution in [3.63, 3.8) is 0 Å². The van der Waals surface area contributed by atoms with Crippen molar-refractivity contribution in [1.29, 1.82) is 0 Å². The topological polar surface area (TPSA) is 52.7 Å². The van der Waals surface area contributed by atoms with Crippen LogP contribution in [0.15, 0.2) is 18.2 Å². The molecule has 0 aliphatic carbocycles. The van der Waals surface area contributed by atoms with Crippen LogP contribution in [0.1, 0.15) is 6.92 Å². The van der Waals surface area contributed by atoms with Crippen LogP contribution < -0.4 is 10.2 Å². The van der Waals surface area contributed by atoms with E-state index in [1.807, 2.05) is 5.32 Å². The van der Waals surface area contributed by atoms with Crippen LogP contribution in [0.3, 0.4) is 0 Å². The standard InChI is InChI=1S/C14H15ClF3N3O2/c1-9(22)20-5-7-21(8-6-20)12-10(15)3-2-4-11(12)19-13(23)14(16,17)18/h2-4H,5-8H2,1H3,(H,19,23). The van der Waals surface area contributed by atoms with Crippen molar-refractivity contribution >= 4 is 34.8 Å². The fourth-order valence-corrected chi connectivity index (χ4v) is 2.67. The predicted octanol–water partition coefficient (Wildman–Crippen LogP) is 2.51. The molecule has 2 rings (SSSR count). The molecule has 5 nitrogen and oxygen atoms in total. The number of amides is 2. The number of hydrogen-bond acceptors (Lipinski definition) is 3. The Hall–Kier alpha value is -1.96. The largest absolute Gasteiger partial charge is 0.471 e. The average Bonchev–Trinajstić information content (AvgIpc) is 2.46. The molecule has 0 atom stereocenters. The van der Waals surface area contributed by atoms with E-state index in [2.05, 4.69) is 0 Å². The van der Waals surface area contributed by atoms with Gasteiger partial charge in [-0.25, -0.2) is 0 Å². The first-order chi connectivity index (χ1) is 10.7. The van der Waals surface area contributed by atoms with E-state index >= 15 is 0 Å². The number of nitrogens with zero attached hydrogens (tertiary/aromatic N) is 2. The van der Waals surface area contributed by atoms with Crippen molar-refractivity contribution in [1.82, 2.24) is 4.90 Å². The van der Waals surface area contributed by atoms with Gasteiger partial charge in [0.15, 0.2) is 0 Å². The van der Waals surface area contributed by atoms with E-state index in [1.54, 1.807) is 9.80 Å². The molecule has 1 aromatic carbocycles. The number of nitrogens with one attached hydrogen (secondary N) is 1. The molecule has 2 amide bonds. The quantitative estimate of drug-likeness (QED) is 0.892. The number of hydrogen-bond donors (Lipinski definition) is 1. The van der Waals surface area contributed by atoms with Crippen LogP contribution in [0.4, 0.5) is 24.5 Å². The lowest BCUT2D eigenvalue weighted by Crippen LogP contribution is -2.48. The van der Waals surface area contributed by atoms with Gasteiger partial charge in [0.05, 0.1) is 16.4 Å². The van der Waals surface area contributed by atoms with E-state index < -0.39 is 12.1 Å². The second kappa shape index (κ2) is 6.66. The van der Waals surface area contributed by atoms with Gasteiger partial charge in [0.2, 0.25) is 5.91 Å². The normalized spacial score (nSPS) is 15.5. The summed E-state index contributed by atoms with van der Waals surface area (Å²) in [5.41, 5.74) is 0.325. The van der Waals surface area contributed by atoms with Crippen molar-refractivity contribution in [3.05, 3.63) is 23.2 Å². The van der Waals surface area contributed by atoms with Crippen LogP contribution in [0.5, 0.6) is 0 Å². The van der Waals surface area contributed by atoms with Crippen molar-refractivity contribution in [2.75, 3.05) is 36.4 Å². The van der Waals surface area contributed by atoms with Crippen LogP contribution in [-0.2, 0) is 9.59 Å². The van der Waals surface area contributed by atoms with Crippen LogP contribution >= 0.6 is 11.6 Å². The van der Waals surface area contributed by atoms with Crippen molar-refractivity contribution in [2.24, 2.45) is 0 Å². The SMILES string of the molecule is CC(=O)N1CCN(c2c(Cl)cccc2NC(=O)C(F)(F)F)CC1. The Bertz CT molecular complexity index is 614. The number of carbonyl (C=O) groups is 2. The average molecular weight is 350 g/mol. The third-order valence-corrected chi connectivity index (χ3v) is 3.84. The molecule has 1 aliphatic heterocycles. The summed E-state index contributed by atoms with van der Waals surface area (Å²) in [4.78, 5) is 25.9. The van der Waals surface area contributed by atoms with E-state index in [9.17, 15) is 22.8 Å². The Kier molecular flexibility index (Phi) is 5.03. The molecule has 9 heteroatoms. The Morgan fingerprint density at radius 2 is 1.78 bits per heavy atom. The molecule has 0 saturated carbocycles. The van der Waals surface area contributed by atoms with Gasteiger partial charge in [-0.15, -0.1) is 0 Å². The van der Waals surface area contributed by atoms with E-state index in [4.69, 9.17) is 11.6 Å². The van der Waals surface area contributed by atoms with Gasteiger partial charge in [0.25, 0.3) is 0 Å². The van der Waals surface area contributed by atoms with Gasteiger partial charge in [-0.2, -0.15) is 13.2 Å². The molecule has 0 unspecified atom stereocenters. The summed E-state index contributed by atoms with van der Waals surface area (Å²) in [6, 6.07) is 4.36. The maximum absolute atomic E-state index is 12.4. The minimum absolute atomic E-state index is 0.00361.